The van der Waals surface area contributed by atoms with Crippen molar-refractivity contribution in [2.75, 3.05) is 6.61 Å². The summed E-state index contributed by atoms with van der Waals surface area (Å²) in [7, 11) is 0. The average Bonchev–Trinajstić information content (AvgIpc) is 2.82. The van der Waals surface area contributed by atoms with Crippen LogP contribution in [-0.2, 0) is 17.6 Å². The van der Waals surface area contributed by atoms with Gasteiger partial charge in [0.2, 0.25) is 0 Å². The maximum Gasteiger partial charge on any atom is 0.343 e. The van der Waals surface area contributed by atoms with Crippen LogP contribution in [0, 0.1) is 0 Å². The minimum atomic E-state index is -0.446. The number of carbonyl (C=O) groups is 1. The van der Waals surface area contributed by atoms with E-state index in [1.165, 1.54) is 4.52 Å². The van der Waals surface area contributed by atoms with Crippen LogP contribution in [0.4, 0.5) is 0 Å². The Hall–Kier alpha value is -2.11. The Morgan fingerprint density at radius 1 is 1.40 bits per heavy atom. The van der Waals surface area contributed by atoms with E-state index in [9.17, 15) is 9.59 Å². The average molecular weight is 277 g/mol. The topological polar surface area (TPSA) is 76.5 Å². The van der Waals surface area contributed by atoms with Gasteiger partial charge in [0.15, 0.2) is 5.65 Å². The molecule has 0 radical (unpaired) electrons. The number of aromatic nitrogens is 3. The molecule has 0 unspecified atom stereocenters. The Kier molecular flexibility index (Phi) is 4.22. The lowest BCUT2D eigenvalue weighted by Gasteiger charge is -2.01. The van der Waals surface area contributed by atoms with Crippen molar-refractivity contribution >= 4 is 11.6 Å². The fourth-order valence-electron chi connectivity index (χ4n) is 2.21. The first-order chi connectivity index (χ1) is 9.63. The number of rotatable bonds is 5. The molecule has 2 rings (SSSR count). The number of nitrogens with zero attached hydrogens (tertiary/aromatic N) is 2. The first-order valence-electron chi connectivity index (χ1n) is 6.92. The van der Waals surface area contributed by atoms with Gasteiger partial charge in [-0.1, -0.05) is 20.3 Å². The van der Waals surface area contributed by atoms with Crippen LogP contribution in [0.1, 0.15) is 48.8 Å². The van der Waals surface area contributed by atoms with Gasteiger partial charge in [0, 0.05) is 11.8 Å². The maximum atomic E-state index is 12.3. The van der Waals surface area contributed by atoms with Crippen LogP contribution in [0.5, 0.6) is 0 Å². The molecule has 1 N–H and O–H groups in total. The van der Waals surface area contributed by atoms with E-state index in [1.807, 2.05) is 13.8 Å². The second-order valence-electron chi connectivity index (χ2n) is 4.54. The summed E-state index contributed by atoms with van der Waals surface area (Å²) >= 11 is 0. The second kappa shape index (κ2) is 5.90. The molecule has 2 heterocycles. The summed E-state index contributed by atoms with van der Waals surface area (Å²) in [5, 5.41) is 2.96. The van der Waals surface area contributed by atoms with Crippen molar-refractivity contribution in [2.24, 2.45) is 0 Å². The molecule has 20 heavy (non-hydrogen) atoms. The lowest BCUT2D eigenvalue weighted by molar-refractivity contribution is 0.0527. The number of esters is 1. The van der Waals surface area contributed by atoms with Gasteiger partial charge >= 0.3 is 5.97 Å². The van der Waals surface area contributed by atoms with E-state index in [-0.39, 0.29) is 12.2 Å². The predicted molar refractivity (Wildman–Crippen MR) is 75.1 cm³/mol. The van der Waals surface area contributed by atoms with Crippen molar-refractivity contribution < 1.29 is 9.53 Å². The molecular weight excluding hydrogens is 258 g/mol. The van der Waals surface area contributed by atoms with Crippen LogP contribution in [-0.4, -0.2) is 27.2 Å². The molecule has 0 aliphatic heterocycles. The standard InChI is InChI=1S/C14H19N3O3/c1-4-7-9-8-15-12-11(14(19)20-6-3)10(5-2)16-17(12)13(9)18/h8,16H,4-7H2,1-3H3. The molecule has 0 atom stereocenters. The summed E-state index contributed by atoms with van der Waals surface area (Å²) in [6.07, 6.45) is 3.69. The molecule has 6 nitrogen and oxygen atoms in total. The molecule has 0 bridgehead atoms. The van der Waals surface area contributed by atoms with Crippen molar-refractivity contribution in [1.29, 1.82) is 0 Å². The van der Waals surface area contributed by atoms with Crippen molar-refractivity contribution in [3.63, 3.8) is 0 Å². The third-order valence-electron chi connectivity index (χ3n) is 3.16. The Bertz CT molecular complexity index is 685. The van der Waals surface area contributed by atoms with Gasteiger partial charge in [-0.05, 0) is 19.8 Å². The van der Waals surface area contributed by atoms with Crippen molar-refractivity contribution in [1.82, 2.24) is 14.6 Å². The highest BCUT2D eigenvalue weighted by Gasteiger charge is 2.21. The molecule has 0 aliphatic carbocycles. The highest BCUT2D eigenvalue weighted by Crippen LogP contribution is 2.15. The van der Waals surface area contributed by atoms with Gasteiger partial charge in [-0.15, -0.1) is 0 Å². The molecule has 0 saturated carbocycles. The first-order valence-corrected chi connectivity index (χ1v) is 6.92. The molecule has 0 saturated heterocycles. The van der Waals surface area contributed by atoms with Crippen LogP contribution >= 0.6 is 0 Å². The van der Waals surface area contributed by atoms with Crippen LogP contribution in [0.25, 0.3) is 5.65 Å². The minimum absolute atomic E-state index is 0.151. The fraction of sp³-hybridized carbons (Fsp3) is 0.500. The van der Waals surface area contributed by atoms with Gasteiger partial charge < -0.3 is 4.74 Å². The number of H-pyrrole nitrogens is 1. The monoisotopic (exact) mass is 277 g/mol. The van der Waals surface area contributed by atoms with E-state index < -0.39 is 5.97 Å². The number of nitrogens with one attached hydrogen (secondary N) is 1. The van der Waals surface area contributed by atoms with Crippen LogP contribution in [0.2, 0.25) is 0 Å². The van der Waals surface area contributed by atoms with E-state index in [2.05, 4.69) is 10.1 Å². The van der Waals surface area contributed by atoms with E-state index in [4.69, 9.17) is 4.74 Å². The summed E-state index contributed by atoms with van der Waals surface area (Å²) in [5.41, 5.74) is 1.85. The lowest BCUT2D eigenvalue weighted by atomic mass is 10.2. The zero-order chi connectivity index (χ0) is 14.7. The Morgan fingerprint density at radius 3 is 2.75 bits per heavy atom. The summed E-state index contributed by atoms with van der Waals surface area (Å²) in [6, 6.07) is 0. The van der Waals surface area contributed by atoms with Crippen molar-refractivity contribution in [2.45, 2.75) is 40.0 Å². The van der Waals surface area contributed by atoms with Gasteiger partial charge in [0.1, 0.15) is 5.56 Å². The third kappa shape index (κ3) is 2.33. The van der Waals surface area contributed by atoms with Crippen LogP contribution in [0.15, 0.2) is 11.0 Å². The van der Waals surface area contributed by atoms with Crippen LogP contribution in [0.3, 0.4) is 0 Å². The molecule has 0 fully saturated rings. The number of hydrogen-bond acceptors (Lipinski definition) is 4. The zero-order valence-electron chi connectivity index (χ0n) is 12.0. The van der Waals surface area contributed by atoms with E-state index >= 15 is 0 Å². The number of hydrogen-bond donors (Lipinski definition) is 1. The molecule has 0 spiro atoms. The Labute approximate surface area is 116 Å². The number of carbonyl (C=O) groups excluding carboxylic acids is 1. The summed E-state index contributed by atoms with van der Waals surface area (Å²) in [6.45, 7) is 5.95. The first kappa shape index (κ1) is 14.3. The van der Waals surface area contributed by atoms with E-state index in [0.717, 1.165) is 6.42 Å². The Balaban J connectivity index is 2.66. The second-order valence-corrected chi connectivity index (χ2v) is 4.54. The van der Waals surface area contributed by atoms with Gasteiger partial charge in [-0.25, -0.2) is 14.3 Å². The fourth-order valence-corrected chi connectivity index (χ4v) is 2.21. The van der Waals surface area contributed by atoms with Crippen molar-refractivity contribution in [3.8, 4) is 0 Å². The molecule has 6 heteroatoms. The third-order valence-corrected chi connectivity index (χ3v) is 3.16. The number of fused-ring (bicyclic) bond motifs is 1. The van der Waals surface area contributed by atoms with Gasteiger partial charge in [-0.2, -0.15) is 0 Å². The summed E-state index contributed by atoms with van der Waals surface area (Å²) in [4.78, 5) is 28.6. The number of ether oxygens (including phenoxy) is 1. The molecule has 2 aromatic heterocycles. The molecular formula is C14H19N3O3. The highest BCUT2D eigenvalue weighted by atomic mass is 16.5. The van der Waals surface area contributed by atoms with Gasteiger partial charge in [-0.3, -0.25) is 9.89 Å². The largest absolute Gasteiger partial charge is 0.462 e. The molecule has 108 valence electrons. The summed E-state index contributed by atoms with van der Waals surface area (Å²) in [5.74, 6) is -0.446. The lowest BCUT2D eigenvalue weighted by Crippen LogP contribution is -2.20. The number of aromatic amines is 1. The minimum Gasteiger partial charge on any atom is -0.462 e. The molecule has 0 aromatic carbocycles. The molecule has 0 aliphatic rings. The SMILES string of the molecule is CCCc1cnc2c(C(=O)OCC)c(CC)[nH]n2c1=O. The molecule has 2 aromatic rings. The zero-order valence-corrected chi connectivity index (χ0v) is 12.0. The van der Waals surface area contributed by atoms with Crippen LogP contribution < -0.4 is 5.56 Å². The normalized spacial score (nSPS) is 10.9. The van der Waals surface area contributed by atoms with Gasteiger partial charge in [0.25, 0.3) is 5.56 Å². The van der Waals surface area contributed by atoms with Crippen molar-refractivity contribution in [3.05, 3.63) is 33.4 Å². The maximum absolute atomic E-state index is 12.3. The highest BCUT2D eigenvalue weighted by molar-refractivity contribution is 5.97. The van der Waals surface area contributed by atoms with E-state index in [0.29, 0.717) is 35.3 Å². The van der Waals surface area contributed by atoms with Gasteiger partial charge in [0.05, 0.1) is 12.3 Å². The van der Waals surface area contributed by atoms with E-state index in [1.54, 1.807) is 13.1 Å². The quantitative estimate of drug-likeness (QED) is 0.844. The summed E-state index contributed by atoms with van der Waals surface area (Å²) < 4.78 is 6.38. The number of aryl methyl sites for hydroxylation is 2. The smallest absolute Gasteiger partial charge is 0.343 e. The predicted octanol–water partition coefficient (Wildman–Crippen LogP) is 1.71. The Morgan fingerprint density at radius 2 is 2.15 bits per heavy atom. The molecule has 0 amide bonds.